The van der Waals surface area contributed by atoms with Crippen molar-refractivity contribution >= 4 is 33.2 Å². The Morgan fingerprint density at radius 2 is 1.95 bits per heavy atom. The van der Waals surface area contributed by atoms with Gasteiger partial charge in [-0.15, -0.1) is 11.6 Å². The van der Waals surface area contributed by atoms with E-state index in [0.29, 0.717) is 31.9 Å². The van der Waals surface area contributed by atoms with Crippen molar-refractivity contribution in [2.75, 3.05) is 25.1 Å². The van der Waals surface area contributed by atoms with Gasteiger partial charge in [0, 0.05) is 25.4 Å². The molecule has 0 saturated heterocycles. The average Bonchev–Trinajstić information content (AvgIpc) is 2.47. The standard InChI is InChI=1S/C14H21ClN2O4S/c1-3-21-10-4-9-16-22(19,20)13-7-5-12(6-8-13)17-14(18)11(2)15/h5-8,11,16H,3-4,9-10H2,1-2H3,(H,17,18)/t11-/m1/s1. The van der Waals surface area contributed by atoms with E-state index in [0.717, 1.165) is 0 Å². The summed E-state index contributed by atoms with van der Waals surface area (Å²) in [5, 5.41) is 1.93. The molecule has 1 aromatic carbocycles. The zero-order chi connectivity index (χ0) is 16.6. The predicted octanol–water partition coefficient (Wildman–Crippen LogP) is 1.96. The average molecular weight is 349 g/mol. The number of anilines is 1. The van der Waals surface area contributed by atoms with Crippen LogP contribution in [0.1, 0.15) is 20.3 Å². The van der Waals surface area contributed by atoms with Gasteiger partial charge in [0.25, 0.3) is 0 Å². The highest BCUT2D eigenvalue weighted by Crippen LogP contribution is 2.14. The number of benzene rings is 1. The second kappa shape index (κ2) is 9.09. The molecular weight excluding hydrogens is 328 g/mol. The van der Waals surface area contributed by atoms with Crippen molar-refractivity contribution in [1.29, 1.82) is 0 Å². The molecule has 0 aromatic heterocycles. The number of sulfonamides is 1. The van der Waals surface area contributed by atoms with E-state index in [1.807, 2.05) is 6.92 Å². The highest BCUT2D eigenvalue weighted by atomic mass is 35.5. The van der Waals surface area contributed by atoms with Crippen LogP contribution in [0.3, 0.4) is 0 Å². The molecule has 6 nitrogen and oxygen atoms in total. The third kappa shape index (κ3) is 6.31. The zero-order valence-corrected chi connectivity index (χ0v) is 14.2. The normalized spacial score (nSPS) is 12.9. The largest absolute Gasteiger partial charge is 0.382 e. The Hall–Kier alpha value is -1.15. The van der Waals surface area contributed by atoms with Crippen LogP contribution in [0.2, 0.25) is 0 Å². The SMILES string of the molecule is CCOCCCNS(=O)(=O)c1ccc(NC(=O)[C@@H](C)Cl)cc1. The number of amides is 1. The summed E-state index contributed by atoms with van der Waals surface area (Å²) in [6.45, 7) is 4.88. The molecule has 0 radical (unpaired) electrons. The lowest BCUT2D eigenvalue weighted by atomic mass is 10.3. The summed E-state index contributed by atoms with van der Waals surface area (Å²) in [4.78, 5) is 11.6. The van der Waals surface area contributed by atoms with Gasteiger partial charge in [-0.05, 0) is 44.5 Å². The third-order valence-electron chi connectivity index (χ3n) is 2.76. The summed E-state index contributed by atoms with van der Waals surface area (Å²) in [7, 11) is -3.55. The van der Waals surface area contributed by atoms with Crippen LogP contribution < -0.4 is 10.0 Å². The first-order valence-electron chi connectivity index (χ1n) is 6.99. The lowest BCUT2D eigenvalue weighted by Gasteiger charge is -2.09. The van der Waals surface area contributed by atoms with E-state index in [1.165, 1.54) is 24.3 Å². The second-order valence-electron chi connectivity index (χ2n) is 4.58. The molecule has 1 amide bonds. The van der Waals surface area contributed by atoms with E-state index in [2.05, 4.69) is 10.0 Å². The molecule has 1 atom stereocenters. The molecule has 0 fully saturated rings. The summed E-state index contributed by atoms with van der Waals surface area (Å²) in [6, 6.07) is 5.90. The van der Waals surface area contributed by atoms with Crippen LogP contribution in [0.5, 0.6) is 0 Å². The van der Waals surface area contributed by atoms with Gasteiger partial charge in [0.15, 0.2) is 0 Å². The van der Waals surface area contributed by atoms with Crippen LogP contribution in [0.4, 0.5) is 5.69 Å². The summed E-state index contributed by atoms with van der Waals surface area (Å²) >= 11 is 5.65. The molecule has 0 saturated carbocycles. The fraction of sp³-hybridized carbons (Fsp3) is 0.500. The number of hydrogen-bond donors (Lipinski definition) is 2. The maximum atomic E-state index is 12.0. The van der Waals surface area contributed by atoms with Crippen LogP contribution in [0.15, 0.2) is 29.2 Å². The highest BCUT2D eigenvalue weighted by molar-refractivity contribution is 7.89. The van der Waals surface area contributed by atoms with Crippen molar-refractivity contribution in [3.05, 3.63) is 24.3 Å². The zero-order valence-electron chi connectivity index (χ0n) is 12.6. The van der Waals surface area contributed by atoms with Crippen molar-refractivity contribution in [1.82, 2.24) is 4.72 Å². The monoisotopic (exact) mass is 348 g/mol. The van der Waals surface area contributed by atoms with Crippen molar-refractivity contribution in [3.63, 3.8) is 0 Å². The fourth-order valence-corrected chi connectivity index (χ4v) is 2.70. The molecule has 22 heavy (non-hydrogen) atoms. The van der Waals surface area contributed by atoms with Crippen molar-refractivity contribution in [3.8, 4) is 0 Å². The van der Waals surface area contributed by atoms with E-state index in [4.69, 9.17) is 16.3 Å². The molecular formula is C14H21ClN2O4S. The molecule has 0 heterocycles. The maximum Gasteiger partial charge on any atom is 0.242 e. The second-order valence-corrected chi connectivity index (χ2v) is 7.00. The van der Waals surface area contributed by atoms with Gasteiger partial charge >= 0.3 is 0 Å². The maximum absolute atomic E-state index is 12.0. The Morgan fingerprint density at radius 1 is 1.32 bits per heavy atom. The van der Waals surface area contributed by atoms with Gasteiger partial charge < -0.3 is 10.1 Å². The Bertz CT molecular complexity index is 573. The first-order chi connectivity index (χ1) is 10.4. The Labute approximate surface area is 136 Å². The van der Waals surface area contributed by atoms with Gasteiger partial charge in [-0.1, -0.05) is 0 Å². The van der Waals surface area contributed by atoms with Crippen molar-refractivity contribution < 1.29 is 17.9 Å². The summed E-state index contributed by atoms with van der Waals surface area (Å²) in [6.07, 6.45) is 0.606. The molecule has 124 valence electrons. The van der Waals surface area contributed by atoms with E-state index in [9.17, 15) is 13.2 Å². The van der Waals surface area contributed by atoms with Gasteiger partial charge in [-0.25, -0.2) is 13.1 Å². The Morgan fingerprint density at radius 3 is 2.50 bits per heavy atom. The number of halogens is 1. The van der Waals surface area contributed by atoms with Crippen LogP contribution in [-0.2, 0) is 19.6 Å². The molecule has 0 aliphatic carbocycles. The van der Waals surface area contributed by atoms with Crippen LogP contribution >= 0.6 is 11.6 Å². The Balaban J connectivity index is 2.59. The number of alkyl halides is 1. The summed E-state index contributed by atoms with van der Waals surface area (Å²) in [5.74, 6) is -0.341. The first-order valence-corrected chi connectivity index (χ1v) is 8.91. The quantitative estimate of drug-likeness (QED) is 0.527. The van der Waals surface area contributed by atoms with Gasteiger partial charge in [0.1, 0.15) is 5.38 Å². The van der Waals surface area contributed by atoms with Gasteiger partial charge in [-0.3, -0.25) is 4.79 Å². The highest BCUT2D eigenvalue weighted by Gasteiger charge is 2.14. The lowest BCUT2D eigenvalue weighted by molar-refractivity contribution is -0.115. The summed E-state index contributed by atoms with van der Waals surface area (Å²) in [5.41, 5.74) is 0.493. The molecule has 8 heteroatoms. The molecule has 2 N–H and O–H groups in total. The van der Waals surface area contributed by atoms with Gasteiger partial charge in [0.2, 0.25) is 15.9 Å². The predicted molar refractivity (Wildman–Crippen MR) is 86.7 cm³/mol. The smallest absolute Gasteiger partial charge is 0.242 e. The summed E-state index contributed by atoms with van der Waals surface area (Å²) < 4.78 is 31.7. The van der Waals surface area contributed by atoms with E-state index < -0.39 is 15.4 Å². The van der Waals surface area contributed by atoms with E-state index >= 15 is 0 Å². The van der Waals surface area contributed by atoms with E-state index in [-0.39, 0.29) is 10.8 Å². The molecule has 0 unspecified atom stereocenters. The van der Waals surface area contributed by atoms with Crippen LogP contribution in [0, 0.1) is 0 Å². The first kappa shape index (κ1) is 18.9. The molecule has 1 aromatic rings. The number of hydrogen-bond acceptors (Lipinski definition) is 4. The number of carbonyl (C=O) groups excluding carboxylic acids is 1. The minimum atomic E-state index is -3.55. The molecule has 0 aliphatic heterocycles. The third-order valence-corrected chi connectivity index (χ3v) is 4.43. The number of rotatable bonds is 9. The topological polar surface area (TPSA) is 84.5 Å². The van der Waals surface area contributed by atoms with Gasteiger partial charge in [-0.2, -0.15) is 0 Å². The van der Waals surface area contributed by atoms with E-state index in [1.54, 1.807) is 6.92 Å². The lowest BCUT2D eigenvalue weighted by Crippen LogP contribution is -2.25. The molecule has 1 rings (SSSR count). The fourth-order valence-electron chi connectivity index (χ4n) is 1.57. The minimum Gasteiger partial charge on any atom is -0.382 e. The van der Waals surface area contributed by atoms with Crippen LogP contribution in [0.25, 0.3) is 0 Å². The Kier molecular flexibility index (Phi) is 7.81. The van der Waals surface area contributed by atoms with Gasteiger partial charge in [0.05, 0.1) is 4.90 Å². The molecule has 0 bridgehead atoms. The minimum absolute atomic E-state index is 0.140. The number of ether oxygens (including phenoxy) is 1. The van der Waals surface area contributed by atoms with Crippen molar-refractivity contribution in [2.45, 2.75) is 30.5 Å². The van der Waals surface area contributed by atoms with Crippen molar-refractivity contribution in [2.24, 2.45) is 0 Å². The number of nitrogens with one attached hydrogen (secondary N) is 2. The van der Waals surface area contributed by atoms with Crippen LogP contribution in [-0.4, -0.2) is 39.5 Å². The molecule has 0 spiro atoms. The molecule has 0 aliphatic rings. The number of carbonyl (C=O) groups is 1.